The van der Waals surface area contributed by atoms with E-state index in [1.807, 2.05) is 89.2 Å². The first-order valence-electron chi connectivity index (χ1n) is 15.2. The fourth-order valence-electron chi connectivity index (χ4n) is 5.26. The molecule has 2 amide bonds. The predicted octanol–water partition coefficient (Wildman–Crippen LogP) is 7.02. The molecule has 0 saturated heterocycles. The summed E-state index contributed by atoms with van der Waals surface area (Å²) < 4.78 is 29.7. The first-order valence-corrected chi connectivity index (χ1v) is 17.0. The van der Waals surface area contributed by atoms with Crippen molar-refractivity contribution in [2.75, 3.05) is 10.8 Å². The molecule has 1 N–H and O–H groups in total. The van der Waals surface area contributed by atoms with Crippen LogP contribution in [0, 0.1) is 20.8 Å². The number of sulfonamides is 1. The quantitative estimate of drug-likeness (QED) is 0.188. The van der Waals surface area contributed by atoms with E-state index in [-0.39, 0.29) is 23.8 Å². The summed E-state index contributed by atoms with van der Waals surface area (Å²) >= 11 is 6.25. The van der Waals surface area contributed by atoms with Crippen molar-refractivity contribution in [3.63, 3.8) is 0 Å². The molecular formula is C37H42ClN3O4S. The number of aryl methyl sites for hydroxylation is 3. The molecule has 0 fully saturated rings. The molecule has 0 aliphatic rings. The Labute approximate surface area is 278 Å². The minimum Gasteiger partial charge on any atom is -0.350 e. The molecule has 0 unspecified atom stereocenters. The van der Waals surface area contributed by atoms with E-state index in [9.17, 15) is 18.0 Å². The van der Waals surface area contributed by atoms with Crippen molar-refractivity contribution < 1.29 is 18.0 Å². The smallest absolute Gasteiger partial charge is 0.264 e. The van der Waals surface area contributed by atoms with Gasteiger partial charge in [-0.2, -0.15) is 0 Å². The lowest BCUT2D eigenvalue weighted by Gasteiger charge is -2.35. The molecule has 4 aromatic carbocycles. The van der Waals surface area contributed by atoms with Gasteiger partial charge in [-0.15, -0.1) is 0 Å². The van der Waals surface area contributed by atoms with Gasteiger partial charge in [0, 0.05) is 23.5 Å². The Kier molecular flexibility index (Phi) is 11.0. The maximum absolute atomic E-state index is 14.6. The highest BCUT2D eigenvalue weighted by atomic mass is 35.5. The summed E-state index contributed by atoms with van der Waals surface area (Å²) in [5.74, 6) is -0.843. The fraction of sp³-hybridized carbons (Fsp3) is 0.297. The second-order valence-corrected chi connectivity index (χ2v) is 15.0. The maximum atomic E-state index is 14.6. The molecule has 0 saturated carbocycles. The minimum atomic E-state index is -4.21. The third-order valence-corrected chi connectivity index (χ3v) is 9.53. The lowest BCUT2D eigenvalue weighted by Crippen LogP contribution is -2.56. The van der Waals surface area contributed by atoms with E-state index in [0.717, 1.165) is 26.6 Å². The molecule has 0 aliphatic carbocycles. The van der Waals surface area contributed by atoms with Gasteiger partial charge in [0.1, 0.15) is 12.6 Å². The van der Waals surface area contributed by atoms with Crippen LogP contribution in [-0.2, 0) is 32.6 Å². The first kappa shape index (κ1) is 34.7. The number of carbonyl (C=O) groups excluding carboxylic acids is 2. The van der Waals surface area contributed by atoms with Gasteiger partial charge in [-0.05, 0) is 88.6 Å². The molecular weight excluding hydrogens is 618 g/mol. The molecule has 46 heavy (non-hydrogen) atoms. The molecule has 0 aliphatic heterocycles. The van der Waals surface area contributed by atoms with Crippen LogP contribution in [-0.4, -0.2) is 43.3 Å². The lowest BCUT2D eigenvalue weighted by atomic mass is 10.0. The molecule has 0 spiro atoms. The van der Waals surface area contributed by atoms with Crippen molar-refractivity contribution in [2.45, 2.75) is 71.0 Å². The zero-order valence-electron chi connectivity index (χ0n) is 27.2. The molecule has 0 heterocycles. The molecule has 7 nitrogen and oxygen atoms in total. The number of hydrogen-bond acceptors (Lipinski definition) is 4. The second kappa shape index (κ2) is 14.5. The number of anilines is 1. The van der Waals surface area contributed by atoms with Crippen LogP contribution in [0.1, 0.15) is 48.6 Å². The van der Waals surface area contributed by atoms with Gasteiger partial charge in [-0.3, -0.25) is 13.9 Å². The fourth-order valence-corrected chi connectivity index (χ4v) is 6.97. The predicted molar refractivity (Wildman–Crippen MR) is 185 cm³/mol. The maximum Gasteiger partial charge on any atom is 0.264 e. The van der Waals surface area contributed by atoms with Gasteiger partial charge in [-0.25, -0.2) is 8.42 Å². The number of benzene rings is 4. The van der Waals surface area contributed by atoms with Gasteiger partial charge in [0.15, 0.2) is 0 Å². The Bertz CT molecular complexity index is 1790. The van der Waals surface area contributed by atoms with Gasteiger partial charge in [0.2, 0.25) is 11.8 Å². The van der Waals surface area contributed by atoms with Crippen molar-refractivity contribution in [1.82, 2.24) is 10.2 Å². The van der Waals surface area contributed by atoms with E-state index < -0.39 is 34.1 Å². The van der Waals surface area contributed by atoms with E-state index >= 15 is 0 Å². The topological polar surface area (TPSA) is 86.8 Å². The Balaban J connectivity index is 1.84. The average Bonchev–Trinajstić information content (AvgIpc) is 2.98. The average molecular weight is 660 g/mol. The number of nitrogens with zero attached hydrogens (tertiary/aromatic N) is 2. The molecule has 4 aromatic rings. The summed E-state index contributed by atoms with van der Waals surface area (Å²) in [5, 5.41) is 3.50. The largest absolute Gasteiger partial charge is 0.350 e. The molecule has 0 bridgehead atoms. The standard InChI is InChI=1S/C37H42ClN3O4S/c1-26-15-18-32(19-16-26)46(44,45)41(33-20-17-31(38)22-28(33)3)25-35(42)40(24-30-14-10-11-27(2)21-30)34(36(43)39-37(4,5)6)23-29-12-8-7-9-13-29/h7-22,34H,23-25H2,1-6H3,(H,39,43)/t34-/m0/s1. The summed E-state index contributed by atoms with van der Waals surface area (Å²) in [6.45, 7) is 10.8. The van der Waals surface area contributed by atoms with Gasteiger partial charge in [0.25, 0.3) is 10.0 Å². The molecule has 0 radical (unpaired) electrons. The lowest BCUT2D eigenvalue weighted by molar-refractivity contribution is -0.140. The normalized spacial score (nSPS) is 12.3. The van der Waals surface area contributed by atoms with Crippen LogP contribution in [0.3, 0.4) is 0 Å². The van der Waals surface area contributed by atoms with E-state index in [0.29, 0.717) is 16.3 Å². The van der Waals surface area contributed by atoms with Crippen molar-refractivity contribution in [3.8, 4) is 0 Å². The van der Waals surface area contributed by atoms with E-state index in [2.05, 4.69) is 5.32 Å². The Morgan fingerprint density at radius 1 is 0.804 bits per heavy atom. The van der Waals surface area contributed by atoms with Crippen LogP contribution in [0.2, 0.25) is 5.02 Å². The Hall–Kier alpha value is -4.14. The number of halogens is 1. The van der Waals surface area contributed by atoms with Crippen molar-refractivity contribution >= 4 is 39.1 Å². The number of carbonyl (C=O) groups is 2. The van der Waals surface area contributed by atoms with E-state index in [1.54, 1.807) is 37.3 Å². The van der Waals surface area contributed by atoms with Gasteiger partial charge in [0.05, 0.1) is 10.6 Å². The van der Waals surface area contributed by atoms with Crippen molar-refractivity contribution in [3.05, 3.63) is 130 Å². The summed E-state index contributed by atoms with van der Waals surface area (Å²) in [4.78, 5) is 30.2. The van der Waals surface area contributed by atoms with Crippen molar-refractivity contribution in [2.24, 2.45) is 0 Å². The van der Waals surface area contributed by atoms with Gasteiger partial charge < -0.3 is 10.2 Å². The highest BCUT2D eigenvalue weighted by molar-refractivity contribution is 7.92. The van der Waals surface area contributed by atoms with Crippen LogP contribution in [0.5, 0.6) is 0 Å². The molecule has 242 valence electrons. The Morgan fingerprint density at radius 2 is 1.46 bits per heavy atom. The third kappa shape index (κ3) is 8.98. The van der Waals surface area contributed by atoms with Gasteiger partial charge in [-0.1, -0.05) is 89.5 Å². The zero-order chi connectivity index (χ0) is 33.6. The SMILES string of the molecule is Cc1ccc(S(=O)(=O)N(CC(=O)N(Cc2cccc(C)c2)[C@@H](Cc2ccccc2)C(=O)NC(C)(C)C)c2ccc(Cl)cc2C)cc1. The highest BCUT2D eigenvalue weighted by Gasteiger charge is 2.36. The number of nitrogens with one attached hydrogen (secondary N) is 1. The van der Waals surface area contributed by atoms with Crippen LogP contribution in [0.25, 0.3) is 0 Å². The van der Waals surface area contributed by atoms with Gasteiger partial charge >= 0.3 is 0 Å². The van der Waals surface area contributed by atoms with Crippen molar-refractivity contribution in [1.29, 1.82) is 0 Å². The molecule has 1 atom stereocenters. The summed E-state index contributed by atoms with van der Waals surface area (Å²) in [7, 11) is -4.21. The van der Waals surface area contributed by atoms with Crippen LogP contribution >= 0.6 is 11.6 Å². The first-order chi connectivity index (χ1) is 21.6. The van der Waals surface area contributed by atoms with Crippen LogP contribution in [0.4, 0.5) is 5.69 Å². The van der Waals surface area contributed by atoms with Crippen LogP contribution < -0.4 is 9.62 Å². The molecule has 0 aromatic heterocycles. The molecule has 9 heteroatoms. The van der Waals surface area contributed by atoms with E-state index in [1.165, 1.54) is 17.0 Å². The number of amides is 2. The summed E-state index contributed by atoms with van der Waals surface area (Å²) in [5.41, 5.74) is 3.96. The number of hydrogen-bond donors (Lipinski definition) is 1. The zero-order valence-corrected chi connectivity index (χ0v) is 28.8. The number of rotatable bonds is 11. The summed E-state index contributed by atoms with van der Waals surface area (Å²) in [6.07, 6.45) is 0.241. The molecule has 4 rings (SSSR count). The minimum absolute atomic E-state index is 0.0526. The third-order valence-electron chi connectivity index (χ3n) is 7.52. The Morgan fingerprint density at radius 3 is 2.07 bits per heavy atom. The highest BCUT2D eigenvalue weighted by Crippen LogP contribution is 2.30. The van der Waals surface area contributed by atoms with E-state index in [4.69, 9.17) is 11.6 Å². The monoisotopic (exact) mass is 659 g/mol. The van der Waals surface area contributed by atoms with Crippen LogP contribution in [0.15, 0.2) is 102 Å². The summed E-state index contributed by atoms with van der Waals surface area (Å²) in [6, 6.07) is 27.7. The second-order valence-electron chi connectivity index (χ2n) is 12.7.